The lowest BCUT2D eigenvalue weighted by Crippen LogP contribution is -2.14. The summed E-state index contributed by atoms with van der Waals surface area (Å²) < 4.78 is 0. The molecule has 1 aliphatic rings. The number of fused-ring (bicyclic) bond motifs is 1. The van der Waals surface area contributed by atoms with Gasteiger partial charge in [-0.05, 0) is 34.7 Å². The fraction of sp³-hybridized carbons (Fsp3) is 0.278. The molecule has 0 unspecified atom stereocenters. The van der Waals surface area contributed by atoms with Gasteiger partial charge in [-0.3, -0.25) is 0 Å². The van der Waals surface area contributed by atoms with Gasteiger partial charge in [0.2, 0.25) is 0 Å². The highest BCUT2D eigenvalue weighted by Gasteiger charge is 2.16. The molecule has 2 aromatic rings. The van der Waals surface area contributed by atoms with Crippen LogP contribution in [0.1, 0.15) is 31.9 Å². The minimum absolute atomic E-state index is 0.165. The van der Waals surface area contributed by atoms with E-state index in [2.05, 4.69) is 73.5 Å². The lowest BCUT2D eigenvalue weighted by Gasteiger charge is -2.20. The summed E-state index contributed by atoms with van der Waals surface area (Å²) in [5.41, 5.74) is 4.99. The van der Waals surface area contributed by atoms with Crippen molar-refractivity contribution < 1.29 is 0 Å². The quantitative estimate of drug-likeness (QED) is 0.794. The number of hydrogen-bond acceptors (Lipinski definition) is 2. The van der Waals surface area contributed by atoms with Gasteiger partial charge in [0.25, 0.3) is 0 Å². The van der Waals surface area contributed by atoms with Gasteiger partial charge in [0.15, 0.2) is 0 Å². The number of nitrogens with one attached hydrogen (secondary N) is 1. The number of anilines is 1. The maximum absolute atomic E-state index is 4.64. The molecule has 1 aliphatic heterocycles. The summed E-state index contributed by atoms with van der Waals surface area (Å²) in [6.07, 6.45) is 0.885. The second-order valence-corrected chi connectivity index (χ2v) is 6.32. The molecule has 0 radical (unpaired) electrons. The fourth-order valence-corrected chi connectivity index (χ4v) is 2.44. The second-order valence-electron chi connectivity index (χ2n) is 6.32. The second kappa shape index (κ2) is 4.78. The molecule has 0 aromatic heterocycles. The molecular formula is C18H20N2. The van der Waals surface area contributed by atoms with Crippen molar-refractivity contribution in [3.8, 4) is 0 Å². The highest BCUT2D eigenvalue weighted by molar-refractivity contribution is 6.01. The van der Waals surface area contributed by atoms with Crippen molar-refractivity contribution in [2.24, 2.45) is 4.99 Å². The predicted molar refractivity (Wildman–Crippen MR) is 86.0 cm³/mol. The van der Waals surface area contributed by atoms with E-state index in [0.717, 1.165) is 23.6 Å². The lowest BCUT2D eigenvalue weighted by molar-refractivity contribution is 0.590. The smallest absolute Gasteiger partial charge is 0.111 e. The molecule has 0 amide bonds. The molecule has 0 fully saturated rings. The molecule has 102 valence electrons. The number of rotatable bonds is 1. The Kier molecular flexibility index (Phi) is 3.09. The predicted octanol–water partition coefficient (Wildman–Crippen LogP) is 4.68. The van der Waals surface area contributed by atoms with Crippen molar-refractivity contribution in [1.29, 1.82) is 0 Å². The van der Waals surface area contributed by atoms with E-state index in [-0.39, 0.29) is 5.41 Å². The Hall–Kier alpha value is -2.09. The summed E-state index contributed by atoms with van der Waals surface area (Å²) in [5.74, 6) is 1.03. The molecular weight excluding hydrogens is 244 g/mol. The molecule has 2 nitrogen and oxygen atoms in total. The van der Waals surface area contributed by atoms with Crippen molar-refractivity contribution in [2.45, 2.75) is 32.6 Å². The Labute approximate surface area is 120 Å². The van der Waals surface area contributed by atoms with E-state index in [1.165, 1.54) is 11.1 Å². The highest BCUT2D eigenvalue weighted by atomic mass is 15.0. The SMILES string of the molecule is CC(C)(C)c1cccc(NC2=Nc3ccccc3C2)c1. The number of benzene rings is 2. The monoisotopic (exact) mass is 264 g/mol. The first-order chi connectivity index (χ1) is 9.52. The van der Waals surface area contributed by atoms with Gasteiger partial charge in [0.1, 0.15) is 5.84 Å². The zero-order valence-electron chi connectivity index (χ0n) is 12.3. The Morgan fingerprint density at radius 3 is 2.55 bits per heavy atom. The number of hydrogen-bond donors (Lipinski definition) is 1. The Balaban J connectivity index is 1.81. The van der Waals surface area contributed by atoms with Crippen LogP contribution < -0.4 is 5.32 Å². The average Bonchev–Trinajstić information content (AvgIpc) is 2.80. The van der Waals surface area contributed by atoms with Crippen LogP contribution in [-0.2, 0) is 11.8 Å². The fourth-order valence-electron chi connectivity index (χ4n) is 2.44. The third-order valence-corrected chi connectivity index (χ3v) is 3.62. The summed E-state index contributed by atoms with van der Waals surface area (Å²) in [5, 5.41) is 3.45. The van der Waals surface area contributed by atoms with Crippen LogP contribution in [0, 0.1) is 0 Å². The van der Waals surface area contributed by atoms with E-state index in [4.69, 9.17) is 0 Å². The molecule has 0 aliphatic carbocycles. The van der Waals surface area contributed by atoms with Gasteiger partial charge in [-0.2, -0.15) is 0 Å². The van der Waals surface area contributed by atoms with E-state index < -0.39 is 0 Å². The van der Waals surface area contributed by atoms with Crippen molar-refractivity contribution in [1.82, 2.24) is 0 Å². The van der Waals surface area contributed by atoms with Crippen LogP contribution in [0.25, 0.3) is 0 Å². The highest BCUT2D eigenvalue weighted by Crippen LogP contribution is 2.28. The van der Waals surface area contributed by atoms with Crippen molar-refractivity contribution in [2.75, 3.05) is 5.32 Å². The van der Waals surface area contributed by atoms with Crippen molar-refractivity contribution >= 4 is 17.2 Å². The van der Waals surface area contributed by atoms with Crippen LogP contribution in [0.5, 0.6) is 0 Å². The molecule has 0 saturated carbocycles. The minimum Gasteiger partial charge on any atom is -0.343 e. The van der Waals surface area contributed by atoms with Gasteiger partial charge in [-0.1, -0.05) is 51.1 Å². The molecule has 0 saturated heterocycles. The van der Waals surface area contributed by atoms with E-state index in [0.29, 0.717) is 0 Å². The first-order valence-electron chi connectivity index (χ1n) is 7.05. The number of nitrogens with zero attached hydrogens (tertiary/aromatic N) is 1. The van der Waals surface area contributed by atoms with Crippen LogP contribution in [0.4, 0.5) is 11.4 Å². The van der Waals surface area contributed by atoms with Crippen molar-refractivity contribution in [3.05, 3.63) is 59.7 Å². The van der Waals surface area contributed by atoms with Crippen molar-refractivity contribution in [3.63, 3.8) is 0 Å². The molecule has 1 N–H and O–H groups in total. The van der Waals surface area contributed by atoms with Gasteiger partial charge in [0.05, 0.1) is 5.69 Å². The zero-order valence-corrected chi connectivity index (χ0v) is 12.3. The van der Waals surface area contributed by atoms with E-state index in [1.54, 1.807) is 0 Å². The van der Waals surface area contributed by atoms with Gasteiger partial charge >= 0.3 is 0 Å². The van der Waals surface area contributed by atoms with Crippen LogP contribution in [0.3, 0.4) is 0 Å². The summed E-state index contributed by atoms with van der Waals surface area (Å²) in [6, 6.07) is 16.9. The summed E-state index contributed by atoms with van der Waals surface area (Å²) in [7, 11) is 0. The van der Waals surface area contributed by atoms with Gasteiger partial charge in [-0.15, -0.1) is 0 Å². The van der Waals surface area contributed by atoms with Gasteiger partial charge in [0, 0.05) is 12.1 Å². The summed E-state index contributed by atoms with van der Waals surface area (Å²) >= 11 is 0. The number of amidine groups is 1. The average molecular weight is 264 g/mol. The standard InChI is InChI=1S/C18H20N2/c1-18(2,3)14-8-6-9-15(12-14)19-17-11-13-7-4-5-10-16(13)20-17/h4-10,12H,11H2,1-3H3,(H,19,20). The van der Waals surface area contributed by atoms with E-state index in [9.17, 15) is 0 Å². The normalized spacial score (nSPS) is 13.8. The van der Waals surface area contributed by atoms with E-state index in [1.807, 2.05) is 6.07 Å². The van der Waals surface area contributed by atoms with Crippen LogP contribution in [-0.4, -0.2) is 5.84 Å². The molecule has 1 heterocycles. The first-order valence-corrected chi connectivity index (χ1v) is 7.05. The van der Waals surface area contributed by atoms with Crippen LogP contribution >= 0.6 is 0 Å². The maximum Gasteiger partial charge on any atom is 0.111 e. The topological polar surface area (TPSA) is 24.4 Å². The third-order valence-electron chi connectivity index (χ3n) is 3.62. The lowest BCUT2D eigenvalue weighted by atomic mass is 9.87. The van der Waals surface area contributed by atoms with E-state index >= 15 is 0 Å². The molecule has 2 heteroatoms. The van der Waals surface area contributed by atoms with Gasteiger partial charge < -0.3 is 5.32 Å². The van der Waals surface area contributed by atoms with Gasteiger partial charge in [-0.25, -0.2) is 4.99 Å². The largest absolute Gasteiger partial charge is 0.343 e. The Bertz CT molecular complexity index is 663. The van der Waals surface area contributed by atoms with Crippen LogP contribution in [0.2, 0.25) is 0 Å². The zero-order chi connectivity index (χ0) is 14.2. The molecule has 0 bridgehead atoms. The molecule has 2 aromatic carbocycles. The number of aliphatic imine (C=N–C) groups is 1. The molecule has 0 atom stereocenters. The Morgan fingerprint density at radius 1 is 1.00 bits per heavy atom. The molecule has 0 spiro atoms. The Morgan fingerprint density at radius 2 is 1.80 bits per heavy atom. The number of para-hydroxylation sites is 1. The van der Waals surface area contributed by atoms with Crippen LogP contribution in [0.15, 0.2) is 53.5 Å². The third kappa shape index (κ3) is 2.60. The first kappa shape index (κ1) is 12.9. The molecule has 20 heavy (non-hydrogen) atoms. The summed E-state index contributed by atoms with van der Waals surface area (Å²) in [6.45, 7) is 6.69. The summed E-state index contributed by atoms with van der Waals surface area (Å²) in [4.78, 5) is 4.64. The minimum atomic E-state index is 0.165. The molecule has 3 rings (SSSR count). The maximum atomic E-state index is 4.64.